The molecule has 1 aromatic carbocycles. The number of para-hydroxylation sites is 1. The zero-order chi connectivity index (χ0) is 20.0. The lowest BCUT2D eigenvalue weighted by atomic mass is 10.2. The van der Waals surface area contributed by atoms with Crippen LogP contribution in [0.3, 0.4) is 0 Å². The predicted molar refractivity (Wildman–Crippen MR) is 111 cm³/mol. The van der Waals surface area contributed by atoms with Crippen LogP contribution in [-0.2, 0) is 13.1 Å². The first-order chi connectivity index (χ1) is 13.3. The third-order valence-corrected chi connectivity index (χ3v) is 5.93. The molecule has 28 heavy (non-hydrogen) atoms. The van der Waals surface area contributed by atoms with Crippen LogP contribution in [0, 0.1) is 13.8 Å². The molecule has 4 aromatic rings. The van der Waals surface area contributed by atoms with Gasteiger partial charge in [-0.2, -0.15) is 0 Å². The summed E-state index contributed by atoms with van der Waals surface area (Å²) < 4.78 is 7.17. The summed E-state index contributed by atoms with van der Waals surface area (Å²) in [7, 11) is 3.82. The first kappa shape index (κ1) is 18.6. The second kappa shape index (κ2) is 7.00. The summed E-state index contributed by atoms with van der Waals surface area (Å²) in [6.45, 7) is 4.28. The van der Waals surface area contributed by atoms with Gasteiger partial charge in [-0.15, -0.1) is 11.3 Å². The fourth-order valence-corrected chi connectivity index (χ4v) is 4.32. The Balaban J connectivity index is 1.81. The lowest BCUT2D eigenvalue weighted by Crippen LogP contribution is -2.30. The van der Waals surface area contributed by atoms with Gasteiger partial charge in [0.1, 0.15) is 16.2 Å². The molecule has 0 aliphatic carbocycles. The highest BCUT2D eigenvalue weighted by Gasteiger charge is 2.20. The molecule has 0 unspecified atom stereocenters. The minimum atomic E-state index is -0.246. The molecule has 6 nitrogen and oxygen atoms in total. The molecule has 0 aliphatic rings. The summed E-state index contributed by atoms with van der Waals surface area (Å²) in [5.74, 6) is 0.583. The van der Waals surface area contributed by atoms with Gasteiger partial charge in [-0.25, -0.2) is 4.98 Å². The van der Waals surface area contributed by atoms with E-state index in [9.17, 15) is 9.59 Å². The van der Waals surface area contributed by atoms with E-state index in [1.54, 1.807) is 6.07 Å². The standard InChI is InChI=1S/C21H21N3O3S/c1-12-13(2)28-20-19(12)21(26)24(18(22-20)11-23(3)4)10-15(25)17-9-14-7-5-6-8-16(14)27-17/h5-9H,10-11H2,1-4H3. The van der Waals surface area contributed by atoms with Crippen LogP contribution < -0.4 is 5.56 Å². The summed E-state index contributed by atoms with van der Waals surface area (Å²) >= 11 is 1.51. The van der Waals surface area contributed by atoms with Crippen LogP contribution in [0.25, 0.3) is 21.2 Å². The second-order valence-corrected chi connectivity index (χ2v) is 8.40. The monoisotopic (exact) mass is 395 g/mol. The van der Waals surface area contributed by atoms with Crippen LogP contribution in [-0.4, -0.2) is 34.3 Å². The van der Waals surface area contributed by atoms with E-state index in [4.69, 9.17) is 9.40 Å². The Morgan fingerprint density at radius 1 is 1.25 bits per heavy atom. The van der Waals surface area contributed by atoms with Gasteiger partial charge in [-0.05, 0) is 45.6 Å². The first-order valence-corrected chi connectivity index (χ1v) is 9.82. The molecular weight excluding hydrogens is 374 g/mol. The number of carbonyl (C=O) groups is 1. The molecular formula is C21H21N3O3S. The summed E-state index contributed by atoms with van der Waals surface area (Å²) in [4.78, 5) is 34.6. The summed E-state index contributed by atoms with van der Waals surface area (Å²) in [5, 5.41) is 1.46. The number of thiophene rings is 1. The Kier molecular flexibility index (Phi) is 4.64. The van der Waals surface area contributed by atoms with Crippen LogP contribution in [0.5, 0.6) is 0 Å². The van der Waals surface area contributed by atoms with Crippen molar-refractivity contribution in [3.63, 3.8) is 0 Å². The van der Waals surface area contributed by atoms with Crippen molar-refractivity contribution in [1.29, 1.82) is 0 Å². The van der Waals surface area contributed by atoms with E-state index in [0.29, 0.717) is 23.3 Å². The van der Waals surface area contributed by atoms with Gasteiger partial charge in [0.2, 0.25) is 5.78 Å². The van der Waals surface area contributed by atoms with Gasteiger partial charge in [0.15, 0.2) is 5.76 Å². The molecule has 144 valence electrons. The Bertz CT molecular complexity index is 1230. The maximum absolute atomic E-state index is 13.2. The van der Waals surface area contributed by atoms with Crippen molar-refractivity contribution in [3.8, 4) is 0 Å². The molecule has 7 heteroatoms. The number of aromatic nitrogens is 2. The summed E-state index contributed by atoms with van der Waals surface area (Å²) in [6.07, 6.45) is 0. The van der Waals surface area contributed by atoms with Crippen molar-refractivity contribution in [2.24, 2.45) is 0 Å². The van der Waals surface area contributed by atoms with Gasteiger partial charge in [0.25, 0.3) is 5.56 Å². The Morgan fingerprint density at radius 3 is 2.71 bits per heavy atom. The Labute approximate surface area is 166 Å². The third kappa shape index (κ3) is 3.16. The van der Waals surface area contributed by atoms with Crippen molar-refractivity contribution < 1.29 is 9.21 Å². The highest BCUT2D eigenvalue weighted by atomic mass is 32.1. The van der Waals surface area contributed by atoms with Crippen LogP contribution in [0.4, 0.5) is 0 Å². The van der Waals surface area contributed by atoms with Crippen LogP contribution in [0.15, 0.2) is 39.5 Å². The van der Waals surface area contributed by atoms with E-state index in [-0.39, 0.29) is 23.6 Å². The third-order valence-electron chi connectivity index (χ3n) is 4.83. The summed E-state index contributed by atoms with van der Waals surface area (Å²) in [6, 6.07) is 9.19. The number of benzene rings is 1. The molecule has 0 spiro atoms. The molecule has 0 radical (unpaired) electrons. The van der Waals surface area contributed by atoms with Gasteiger partial charge in [-0.3, -0.25) is 14.2 Å². The quantitative estimate of drug-likeness (QED) is 0.481. The van der Waals surface area contributed by atoms with Crippen LogP contribution >= 0.6 is 11.3 Å². The normalized spacial score (nSPS) is 11.8. The van der Waals surface area contributed by atoms with E-state index in [1.165, 1.54) is 15.9 Å². The topological polar surface area (TPSA) is 68.3 Å². The Morgan fingerprint density at radius 2 is 2.00 bits per heavy atom. The number of furan rings is 1. The van der Waals surface area contributed by atoms with Gasteiger partial charge in [-0.1, -0.05) is 18.2 Å². The van der Waals surface area contributed by atoms with Crippen molar-refractivity contribution in [2.45, 2.75) is 26.9 Å². The zero-order valence-corrected chi connectivity index (χ0v) is 17.1. The van der Waals surface area contributed by atoms with Crippen molar-refractivity contribution >= 4 is 38.3 Å². The molecule has 4 rings (SSSR count). The lowest BCUT2D eigenvalue weighted by Gasteiger charge is -2.15. The predicted octanol–water partition coefficient (Wildman–Crippen LogP) is 3.77. The number of nitrogens with zero attached hydrogens (tertiary/aromatic N) is 3. The van der Waals surface area contributed by atoms with Gasteiger partial charge in [0, 0.05) is 10.3 Å². The highest BCUT2D eigenvalue weighted by Crippen LogP contribution is 2.26. The molecule has 0 amide bonds. The average molecular weight is 395 g/mol. The highest BCUT2D eigenvalue weighted by molar-refractivity contribution is 7.18. The van der Waals surface area contributed by atoms with Gasteiger partial charge < -0.3 is 9.32 Å². The van der Waals surface area contributed by atoms with E-state index in [0.717, 1.165) is 20.7 Å². The maximum atomic E-state index is 13.2. The molecule has 0 saturated heterocycles. The van der Waals surface area contributed by atoms with Crippen molar-refractivity contribution in [2.75, 3.05) is 14.1 Å². The van der Waals surface area contributed by atoms with E-state index in [1.807, 2.05) is 57.1 Å². The molecule has 3 aromatic heterocycles. The second-order valence-electron chi connectivity index (χ2n) is 7.19. The number of ketones is 1. The zero-order valence-electron chi connectivity index (χ0n) is 16.3. The maximum Gasteiger partial charge on any atom is 0.263 e. The van der Waals surface area contributed by atoms with Gasteiger partial charge >= 0.3 is 0 Å². The molecule has 3 heterocycles. The number of Topliss-reactive ketones (excluding diaryl/α,β-unsaturated/α-hetero) is 1. The molecule has 0 N–H and O–H groups in total. The fraction of sp³-hybridized carbons (Fsp3) is 0.286. The minimum absolute atomic E-state index is 0.0981. The SMILES string of the molecule is Cc1sc2nc(CN(C)C)n(CC(=O)c3cc4ccccc4o3)c(=O)c2c1C. The fourth-order valence-electron chi connectivity index (χ4n) is 3.28. The van der Waals surface area contributed by atoms with Crippen molar-refractivity contribution in [3.05, 3.63) is 62.7 Å². The summed E-state index contributed by atoms with van der Waals surface area (Å²) in [5.41, 5.74) is 1.41. The average Bonchev–Trinajstić information content (AvgIpc) is 3.19. The van der Waals surface area contributed by atoms with Crippen LogP contribution in [0.1, 0.15) is 26.8 Å². The lowest BCUT2D eigenvalue weighted by molar-refractivity contribution is 0.0943. The number of aryl methyl sites for hydroxylation is 2. The first-order valence-electron chi connectivity index (χ1n) is 9.01. The number of hydrogen-bond donors (Lipinski definition) is 0. The minimum Gasteiger partial charge on any atom is -0.453 e. The van der Waals surface area contributed by atoms with E-state index >= 15 is 0 Å². The van der Waals surface area contributed by atoms with Crippen LogP contribution in [0.2, 0.25) is 0 Å². The number of hydrogen-bond acceptors (Lipinski definition) is 6. The number of fused-ring (bicyclic) bond motifs is 2. The molecule has 0 saturated carbocycles. The van der Waals surface area contributed by atoms with Crippen molar-refractivity contribution in [1.82, 2.24) is 14.5 Å². The molecule has 0 atom stereocenters. The molecule has 0 aliphatic heterocycles. The van der Waals surface area contributed by atoms with Gasteiger partial charge in [0.05, 0.1) is 18.5 Å². The molecule has 0 fully saturated rings. The smallest absolute Gasteiger partial charge is 0.263 e. The van der Waals surface area contributed by atoms with E-state index in [2.05, 4.69) is 0 Å². The Hall–Kier alpha value is -2.77. The molecule has 0 bridgehead atoms. The largest absolute Gasteiger partial charge is 0.453 e. The number of carbonyl (C=O) groups excluding carboxylic acids is 1. The number of rotatable bonds is 5. The van der Waals surface area contributed by atoms with E-state index < -0.39 is 0 Å².